The Bertz CT molecular complexity index is 946. The normalized spacial score (nSPS) is 11.2. The Morgan fingerprint density at radius 2 is 2.00 bits per heavy atom. The molecule has 26 heavy (non-hydrogen) atoms. The van der Waals surface area contributed by atoms with E-state index < -0.39 is 0 Å². The minimum atomic E-state index is -0.133. The molecule has 0 N–H and O–H groups in total. The Hall–Kier alpha value is -2.79. The van der Waals surface area contributed by atoms with Crippen LogP contribution >= 0.6 is 11.6 Å². The van der Waals surface area contributed by atoms with Crippen molar-refractivity contribution < 1.29 is 13.9 Å². The molecule has 0 fully saturated rings. The van der Waals surface area contributed by atoms with E-state index in [1.807, 2.05) is 32.0 Å². The molecular weight excluding hydrogens is 352 g/mol. The third-order valence-electron chi connectivity index (χ3n) is 3.95. The Morgan fingerprint density at radius 1 is 1.27 bits per heavy atom. The first-order valence-electron chi connectivity index (χ1n) is 8.12. The number of ketones is 1. The number of halogens is 1. The molecule has 0 aliphatic heterocycles. The number of allylic oxidation sites excluding steroid dienone is 1. The molecule has 0 saturated carbocycles. The summed E-state index contributed by atoms with van der Waals surface area (Å²) in [6, 6.07) is 9.08. The molecule has 3 aromatic rings. The van der Waals surface area contributed by atoms with Gasteiger partial charge >= 0.3 is 0 Å². The Morgan fingerprint density at radius 3 is 2.65 bits per heavy atom. The van der Waals surface area contributed by atoms with Crippen molar-refractivity contribution >= 4 is 23.5 Å². The van der Waals surface area contributed by atoms with Crippen molar-refractivity contribution in [3.63, 3.8) is 0 Å². The van der Waals surface area contributed by atoms with Crippen LogP contribution in [0.25, 0.3) is 6.08 Å². The highest BCUT2D eigenvalue weighted by atomic mass is 35.5. The second kappa shape index (κ2) is 7.62. The van der Waals surface area contributed by atoms with Gasteiger partial charge in [-0.15, -0.1) is 0 Å². The minimum absolute atomic E-state index is 0.133. The highest BCUT2D eigenvalue weighted by molar-refractivity contribution is 6.32. The van der Waals surface area contributed by atoms with Crippen LogP contribution in [0.5, 0.6) is 5.75 Å². The van der Waals surface area contributed by atoms with Crippen molar-refractivity contribution in [1.29, 1.82) is 0 Å². The fourth-order valence-corrected chi connectivity index (χ4v) is 2.67. The predicted octanol–water partition coefficient (Wildman–Crippen LogP) is 4.76. The number of rotatable bonds is 6. The van der Waals surface area contributed by atoms with Crippen LogP contribution < -0.4 is 4.74 Å². The largest absolute Gasteiger partial charge is 0.486 e. The van der Waals surface area contributed by atoms with Gasteiger partial charge in [-0.2, -0.15) is 5.10 Å². The highest BCUT2D eigenvalue weighted by Crippen LogP contribution is 2.26. The van der Waals surface area contributed by atoms with E-state index in [4.69, 9.17) is 20.8 Å². The molecule has 0 amide bonds. The Balaban J connectivity index is 1.62. The standard InChI is InChI=1S/C20H19ClN2O3/c1-13-10-17(11-14(2)20(13)21)25-12-16-5-4-15(26-16)6-7-19(24)18-8-9-22-23(18)3/h4-11H,12H2,1-3H3/b7-6+. The van der Waals surface area contributed by atoms with E-state index >= 15 is 0 Å². The molecule has 2 aromatic heterocycles. The second-order valence-electron chi connectivity index (χ2n) is 6.00. The average Bonchev–Trinajstić information content (AvgIpc) is 3.24. The van der Waals surface area contributed by atoms with Crippen LogP contribution in [0.15, 0.2) is 47.0 Å². The first kappa shape index (κ1) is 18.0. The predicted molar refractivity (Wildman–Crippen MR) is 101 cm³/mol. The molecule has 3 rings (SSSR count). The molecule has 2 heterocycles. The van der Waals surface area contributed by atoms with Gasteiger partial charge in [0.15, 0.2) is 0 Å². The number of carbonyl (C=O) groups excluding carboxylic acids is 1. The van der Waals surface area contributed by atoms with E-state index in [1.165, 1.54) is 10.8 Å². The third kappa shape index (κ3) is 4.06. The fraction of sp³-hybridized carbons (Fsp3) is 0.200. The minimum Gasteiger partial charge on any atom is -0.486 e. The lowest BCUT2D eigenvalue weighted by atomic mass is 10.1. The topological polar surface area (TPSA) is 57.3 Å². The summed E-state index contributed by atoms with van der Waals surface area (Å²) in [6.45, 7) is 4.18. The Kier molecular flexibility index (Phi) is 5.28. The van der Waals surface area contributed by atoms with Crippen LogP contribution in [0.4, 0.5) is 0 Å². The van der Waals surface area contributed by atoms with Gasteiger partial charge in [0, 0.05) is 18.3 Å². The van der Waals surface area contributed by atoms with Gasteiger partial charge in [-0.05, 0) is 67.5 Å². The molecule has 0 saturated heterocycles. The van der Waals surface area contributed by atoms with Crippen molar-refractivity contribution in [1.82, 2.24) is 9.78 Å². The molecule has 0 radical (unpaired) electrons. The summed E-state index contributed by atoms with van der Waals surface area (Å²) in [5.41, 5.74) is 2.46. The lowest BCUT2D eigenvalue weighted by molar-refractivity contribution is 0.103. The van der Waals surface area contributed by atoms with Crippen LogP contribution in [0.2, 0.25) is 5.02 Å². The van der Waals surface area contributed by atoms with Gasteiger partial charge in [-0.25, -0.2) is 0 Å². The molecule has 0 unspecified atom stereocenters. The maximum absolute atomic E-state index is 12.1. The van der Waals surface area contributed by atoms with Gasteiger partial charge in [0.25, 0.3) is 0 Å². The fourth-order valence-electron chi connectivity index (χ4n) is 2.56. The first-order chi connectivity index (χ1) is 12.4. The lowest BCUT2D eigenvalue weighted by Gasteiger charge is -2.08. The van der Waals surface area contributed by atoms with E-state index in [0.717, 1.165) is 21.9 Å². The number of aromatic nitrogens is 2. The number of carbonyl (C=O) groups is 1. The SMILES string of the molecule is Cc1cc(OCc2ccc(/C=C/C(=O)c3ccnn3C)o2)cc(C)c1Cl. The smallest absolute Gasteiger partial charge is 0.203 e. The molecular formula is C20H19ClN2O3. The number of aryl methyl sites for hydroxylation is 3. The first-order valence-corrected chi connectivity index (χ1v) is 8.50. The van der Waals surface area contributed by atoms with Crippen molar-refractivity contribution in [3.8, 4) is 5.75 Å². The van der Waals surface area contributed by atoms with Crippen LogP contribution in [0.3, 0.4) is 0 Å². The van der Waals surface area contributed by atoms with Gasteiger partial charge in [-0.3, -0.25) is 9.48 Å². The summed E-state index contributed by atoms with van der Waals surface area (Å²) in [7, 11) is 1.73. The van der Waals surface area contributed by atoms with E-state index in [0.29, 0.717) is 23.8 Å². The summed E-state index contributed by atoms with van der Waals surface area (Å²) in [6.07, 6.45) is 4.69. The van der Waals surface area contributed by atoms with Crippen molar-refractivity contribution in [2.45, 2.75) is 20.5 Å². The van der Waals surface area contributed by atoms with Crippen LogP contribution in [0.1, 0.15) is 33.1 Å². The summed E-state index contributed by atoms with van der Waals surface area (Å²) in [5, 5.41) is 4.73. The molecule has 0 aliphatic rings. The summed E-state index contributed by atoms with van der Waals surface area (Å²) >= 11 is 6.16. The van der Waals surface area contributed by atoms with Gasteiger partial charge in [-0.1, -0.05) is 11.6 Å². The van der Waals surface area contributed by atoms with Gasteiger partial charge < -0.3 is 9.15 Å². The van der Waals surface area contributed by atoms with Crippen LogP contribution in [-0.4, -0.2) is 15.6 Å². The maximum Gasteiger partial charge on any atom is 0.203 e. The number of ether oxygens (including phenoxy) is 1. The third-order valence-corrected chi connectivity index (χ3v) is 4.54. The number of nitrogens with zero attached hydrogens (tertiary/aromatic N) is 2. The molecule has 134 valence electrons. The zero-order valence-corrected chi connectivity index (χ0v) is 15.6. The molecule has 0 spiro atoms. The van der Waals surface area contributed by atoms with E-state index in [2.05, 4.69) is 5.10 Å². The summed E-state index contributed by atoms with van der Waals surface area (Å²) in [5.74, 6) is 1.86. The van der Waals surface area contributed by atoms with Gasteiger partial charge in [0.2, 0.25) is 5.78 Å². The van der Waals surface area contributed by atoms with Crippen molar-refractivity contribution in [2.24, 2.45) is 7.05 Å². The van der Waals surface area contributed by atoms with Gasteiger partial charge in [0.1, 0.15) is 29.6 Å². The number of furan rings is 1. The number of hydrogen-bond donors (Lipinski definition) is 0. The zero-order valence-electron chi connectivity index (χ0n) is 14.8. The lowest BCUT2D eigenvalue weighted by Crippen LogP contribution is -2.03. The summed E-state index contributed by atoms with van der Waals surface area (Å²) < 4.78 is 13.0. The maximum atomic E-state index is 12.1. The zero-order chi connectivity index (χ0) is 18.7. The summed E-state index contributed by atoms with van der Waals surface area (Å²) in [4.78, 5) is 12.1. The molecule has 0 bridgehead atoms. The molecule has 0 atom stereocenters. The average molecular weight is 371 g/mol. The Labute approximate surface area is 156 Å². The monoisotopic (exact) mass is 370 g/mol. The van der Waals surface area contributed by atoms with E-state index in [1.54, 1.807) is 31.5 Å². The molecule has 5 nitrogen and oxygen atoms in total. The molecule has 1 aromatic carbocycles. The molecule has 0 aliphatic carbocycles. The van der Waals surface area contributed by atoms with Crippen molar-refractivity contribution in [3.05, 3.63) is 76.0 Å². The highest BCUT2D eigenvalue weighted by Gasteiger charge is 2.08. The van der Waals surface area contributed by atoms with E-state index in [-0.39, 0.29) is 5.78 Å². The second-order valence-corrected chi connectivity index (χ2v) is 6.38. The number of benzene rings is 1. The molecule has 6 heteroatoms. The van der Waals surface area contributed by atoms with Crippen LogP contribution in [0, 0.1) is 13.8 Å². The van der Waals surface area contributed by atoms with Gasteiger partial charge in [0.05, 0.1) is 0 Å². The van der Waals surface area contributed by atoms with E-state index in [9.17, 15) is 4.79 Å². The quantitative estimate of drug-likeness (QED) is 0.463. The number of hydrogen-bond acceptors (Lipinski definition) is 4. The van der Waals surface area contributed by atoms with Crippen LogP contribution in [-0.2, 0) is 13.7 Å². The van der Waals surface area contributed by atoms with Crippen molar-refractivity contribution in [2.75, 3.05) is 0 Å².